The third-order valence-corrected chi connectivity index (χ3v) is 6.80. The van der Waals surface area contributed by atoms with Crippen LogP contribution in [0.2, 0.25) is 0 Å². The average Bonchev–Trinajstić information content (AvgIpc) is 3.44. The van der Waals surface area contributed by atoms with Crippen LogP contribution in [0.3, 0.4) is 0 Å². The molecule has 0 radical (unpaired) electrons. The Bertz CT molecular complexity index is 866. The van der Waals surface area contributed by atoms with Gasteiger partial charge in [-0.1, -0.05) is 0 Å². The maximum atomic E-state index is 13.3. The number of fused-ring (bicyclic) bond motifs is 1. The molecule has 0 bridgehead atoms. The van der Waals surface area contributed by atoms with E-state index in [0.717, 1.165) is 62.5 Å². The fourth-order valence-electron chi connectivity index (χ4n) is 5.20. The zero-order valence-corrected chi connectivity index (χ0v) is 16.8. The summed E-state index contributed by atoms with van der Waals surface area (Å²) in [6.07, 6.45) is 6.53. The van der Waals surface area contributed by atoms with E-state index in [-0.39, 0.29) is 17.6 Å². The van der Waals surface area contributed by atoms with E-state index in [0.29, 0.717) is 6.04 Å². The van der Waals surface area contributed by atoms with Crippen LogP contribution in [-0.4, -0.2) is 62.7 Å². The molecule has 2 aromatic rings. The van der Waals surface area contributed by atoms with Crippen LogP contribution < -0.4 is 0 Å². The van der Waals surface area contributed by atoms with E-state index < -0.39 is 0 Å². The van der Waals surface area contributed by atoms with E-state index >= 15 is 0 Å². The van der Waals surface area contributed by atoms with Gasteiger partial charge in [0.05, 0.1) is 5.92 Å². The lowest BCUT2D eigenvalue weighted by molar-refractivity contribution is -0.135. The van der Waals surface area contributed by atoms with Crippen molar-refractivity contribution in [1.82, 2.24) is 24.6 Å². The second kappa shape index (κ2) is 7.86. The van der Waals surface area contributed by atoms with Gasteiger partial charge in [0.1, 0.15) is 11.6 Å². The average molecular weight is 397 g/mol. The van der Waals surface area contributed by atoms with Crippen molar-refractivity contribution in [2.24, 2.45) is 0 Å². The first kappa shape index (κ1) is 18.7. The summed E-state index contributed by atoms with van der Waals surface area (Å²) in [5.41, 5.74) is 0.838. The Kier molecular flexibility index (Phi) is 5.08. The van der Waals surface area contributed by atoms with Crippen LogP contribution in [0.5, 0.6) is 0 Å². The predicted molar refractivity (Wildman–Crippen MR) is 108 cm³/mol. The van der Waals surface area contributed by atoms with E-state index in [1.54, 1.807) is 12.1 Å². The lowest BCUT2D eigenvalue weighted by Gasteiger charge is -2.38. The summed E-state index contributed by atoms with van der Waals surface area (Å²) in [5.74, 6) is 1.21. The number of nitrogens with zero attached hydrogens (tertiary/aromatic N) is 5. The van der Waals surface area contributed by atoms with Crippen LogP contribution in [0.4, 0.5) is 4.39 Å². The number of piperidine rings is 1. The Morgan fingerprint density at radius 2 is 1.62 bits per heavy atom. The first-order valence-corrected chi connectivity index (χ1v) is 10.9. The molecule has 4 heterocycles. The normalized spacial score (nSPS) is 23.3. The first-order chi connectivity index (χ1) is 14.2. The molecule has 0 spiro atoms. The monoisotopic (exact) mass is 397 g/mol. The Morgan fingerprint density at radius 1 is 0.897 bits per heavy atom. The molecular formula is C22H28FN5O. The van der Waals surface area contributed by atoms with Gasteiger partial charge in [-0.15, -0.1) is 10.2 Å². The van der Waals surface area contributed by atoms with E-state index in [9.17, 15) is 9.18 Å². The molecule has 2 saturated heterocycles. The predicted octanol–water partition coefficient (Wildman–Crippen LogP) is 3.05. The molecule has 2 fully saturated rings. The van der Waals surface area contributed by atoms with Crippen LogP contribution in [-0.2, 0) is 11.3 Å². The SMILES string of the molecule is O=C(C1CCCn2c(-c3ccc(F)cc3)nnc21)N1CCC(N2CCCC2)CC1. The Morgan fingerprint density at radius 3 is 2.34 bits per heavy atom. The van der Waals surface area contributed by atoms with Crippen molar-refractivity contribution in [3.63, 3.8) is 0 Å². The zero-order valence-electron chi connectivity index (χ0n) is 16.8. The van der Waals surface area contributed by atoms with Gasteiger partial charge in [0.15, 0.2) is 5.82 Å². The molecule has 5 rings (SSSR count). The quantitative estimate of drug-likeness (QED) is 0.799. The summed E-state index contributed by atoms with van der Waals surface area (Å²) in [6, 6.07) is 6.96. The van der Waals surface area contributed by atoms with Crippen molar-refractivity contribution < 1.29 is 9.18 Å². The number of likely N-dealkylation sites (tertiary alicyclic amines) is 2. The van der Waals surface area contributed by atoms with Gasteiger partial charge >= 0.3 is 0 Å². The molecule has 1 atom stereocenters. The summed E-state index contributed by atoms with van der Waals surface area (Å²) >= 11 is 0. The molecule has 6 nitrogen and oxygen atoms in total. The number of rotatable bonds is 3. The number of hydrogen-bond acceptors (Lipinski definition) is 4. The van der Waals surface area contributed by atoms with Gasteiger partial charge in [0.25, 0.3) is 0 Å². The molecule has 1 amide bonds. The molecule has 29 heavy (non-hydrogen) atoms. The smallest absolute Gasteiger partial charge is 0.233 e. The van der Waals surface area contributed by atoms with Gasteiger partial charge in [0, 0.05) is 31.2 Å². The largest absolute Gasteiger partial charge is 0.342 e. The molecular weight excluding hydrogens is 369 g/mol. The molecule has 1 aromatic carbocycles. The highest BCUT2D eigenvalue weighted by molar-refractivity contribution is 5.83. The van der Waals surface area contributed by atoms with Crippen molar-refractivity contribution >= 4 is 5.91 Å². The molecule has 0 saturated carbocycles. The number of carbonyl (C=O) groups is 1. The molecule has 7 heteroatoms. The van der Waals surface area contributed by atoms with Crippen molar-refractivity contribution in [2.45, 2.75) is 57.0 Å². The summed E-state index contributed by atoms with van der Waals surface area (Å²) in [6.45, 7) is 4.92. The third-order valence-electron chi connectivity index (χ3n) is 6.80. The molecule has 0 aliphatic carbocycles. The van der Waals surface area contributed by atoms with E-state index in [2.05, 4.69) is 19.7 Å². The Hall–Kier alpha value is -2.28. The van der Waals surface area contributed by atoms with Gasteiger partial charge < -0.3 is 14.4 Å². The van der Waals surface area contributed by atoms with Gasteiger partial charge in [-0.2, -0.15) is 0 Å². The maximum Gasteiger partial charge on any atom is 0.233 e. The van der Waals surface area contributed by atoms with Crippen molar-refractivity contribution in [3.05, 3.63) is 35.9 Å². The number of hydrogen-bond donors (Lipinski definition) is 0. The van der Waals surface area contributed by atoms with Gasteiger partial charge in [-0.3, -0.25) is 4.79 Å². The molecule has 0 N–H and O–H groups in total. The van der Waals surface area contributed by atoms with Crippen LogP contribution in [0.1, 0.15) is 50.3 Å². The fraction of sp³-hybridized carbons (Fsp3) is 0.591. The third kappa shape index (κ3) is 3.56. The molecule has 3 aliphatic heterocycles. The van der Waals surface area contributed by atoms with Crippen LogP contribution in [0, 0.1) is 5.82 Å². The Labute approximate surface area is 170 Å². The van der Waals surface area contributed by atoms with Crippen LogP contribution >= 0.6 is 0 Å². The summed E-state index contributed by atoms with van der Waals surface area (Å²) in [5, 5.41) is 8.75. The van der Waals surface area contributed by atoms with Crippen LogP contribution in [0.15, 0.2) is 24.3 Å². The summed E-state index contributed by atoms with van der Waals surface area (Å²) in [7, 11) is 0. The number of aromatic nitrogens is 3. The topological polar surface area (TPSA) is 54.3 Å². The van der Waals surface area contributed by atoms with Crippen molar-refractivity contribution in [3.8, 4) is 11.4 Å². The fourth-order valence-corrected chi connectivity index (χ4v) is 5.20. The number of carbonyl (C=O) groups excluding carboxylic acids is 1. The van der Waals surface area contributed by atoms with Crippen LogP contribution in [0.25, 0.3) is 11.4 Å². The van der Waals surface area contributed by atoms with Gasteiger partial charge in [-0.05, 0) is 75.9 Å². The number of benzene rings is 1. The van der Waals surface area contributed by atoms with Crippen molar-refractivity contribution in [1.29, 1.82) is 0 Å². The van der Waals surface area contributed by atoms with Crippen molar-refractivity contribution in [2.75, 3.05) is 26.2 Å². The summed E-state index contributed by atoms with van der Waals surface area (Å²) < 4.78 is 15.3. The second-order valence-corrected chi connectivity index (χ2v) is 8.53. The molecule has 1 unspecified atom stereocenters. The number of amides is 1. The van der Waals surface area contributed by atoms with E-state index in [1.165, 1.54) is 38.1 Å². The maximum absolute atomic E-state index is 13.3. The minimum absolute atomic E-state index is 0.198. The standard InChI is InChI=1S/C22H28FN5O/c23-17-7-5-16(6-8-17)20-24-25-21-19(4-3-13-28(20)21)22(29)27-14-9-18(10-15-27)26-11-1-2-12-26/h5-8,18-19H,1-4,9-15H2. The second-order valence-electron chi connectivity index (χ2n) is 8.53. The minimum atomic E-state index is -0.266. The molecule has 3 aliphatic rings. The van der Waals surface area contributed by atoms with E-state index in [4.69, 9.17) is 0 Å². The summed E-state index contributed by atoms with van der Waals surface area (Å²) in [4.78, 5) is 18.0. The Balaban J connectivity index is 1.30. The van der Waals surface area contributed by atoms with Gasteiger partial charge in [-0.25, -0.2) is 4.39 Å². The lowest BCUT2D eigenvalue weighted by Crippen LogP contribution is -2.47. The minimum Gasteiger partial charge on any atom is -0.342 e. The highest BCUT2D eigenvalue weighted by Crippen LogP contribution is 2.32. The highest BCUT2D eigenvalue weighted by atomic mass is 19.1. The lowest BCUT2D eigenvalue weighted by atomic mass is 9.95. The number of halogens is 1. The highest BCUT2D eigenvalue weighted by Gasteiger charge is 2.36. The first-order valence-electron chi connectivity index (χ1n) is 10.9. The zero-order chi connectivity index (χ0) is 19.8. The van der Waals surface area contributed by atoms with E-state index in [1.807, 2.05) is 4.90 Å². The molecule has 154 valence electrons. The molecule has 1 aromatic heterocycles. The van der Waals surface area contributed by atoms with Gasteiger partial charge in [0.2, 0.25) is 5.91 Å².